The van der Waals surface area contributed by atoms with Gasteiger partial charge in [-0.25, -0.2) is 0 Å². The van der Waals surface area contributed by atoms with Crippen molar-refractivity contribution < 1.29 is 19.1 Å². The third-order valence-electron chi connectivity index (χ3n) is 3.31. The van der Waals surface area contributed by atoms with E-state index < -0.39 is 0 Å². The van der Waals surface area contributed by atoms with Gasteiger partial charge in [0.05, 0.1) is 0 Å². The van der Waals surface area contributed by atoms with Crippen molar-refractivity contribution in [3.8, 4) is 11.5 Å². The molecule has 0 fully saturated rings. The van der Waals surface area contributed by atoms with E-state index in [1.807, 2.05) is 0 Å². The lowest BCUT2D eigenvalue weighted by atomic mass is 10.2. The maximum Gasteiger partial charge on any atom is 0.257 e. The molecule has 1 heterocycles. The highest BCUT2D eigenvalue weighted by atomic mass is 16.5. The van der Waals surface area contributed by atoms with Crippen LogP contribution in [-0.4, -0.2) is 38.1 Å². The second kappa shape index (κ2) is 8.92. The molecule has 1 aromatic rings. The average molecular weight is 306 g/mol. The first-order chi connectivity index (χ1) is 10.8. The molecule has 1 aliphatic heterocycles. The van der Waals surface area contributed by atoms with Gasteiger partial charge in [-0.1, -0.05) is 25.0 Å². The Kier molecular flexibility index (Phi) is 6.54. The molecule has 0 unspecified atom stereocenters. The minimum absolute atomic E-state index is 0.0629. The van der Waals surface area contributed by atoms with Crippen molar-refractivity contribution in [3.63, 3.8) is 0 Å². The summed E-state index contributed by atoms with van der Waals surface area (Å²) in [4.78, 5) is 23.4. The van der Waals surface area contributed by atoms with Crippen molar-refractivity contribution in [1.29, 1.82) is 0 Å². The molecule has 1 aromatic carbocycles. The normalized spacial score (nSPS) is 18.2. The van der Waals surface area contributed by atoms with E-state index >= 15 is 0 Å². The molecular formula is C16H22N2O4. The molecule has 2 N–H and O–H groups in total. The molecular weight excluding hydrogens is 284 g/mol. The van der Waals surface area contributed by atoms with E-state index in [4.69, 9.17) is 9.47 Å². The molecule has 6 nitrogen and oxygen atoms in total. The lowest BCUT2D eigenvalue weighted by Gasteiger charge is -2.13. The van der Waals surface area contributed by atoms with E-state index in [0.29, 0.717) is 24.6 Å². The number of amides is 2. The third kappa shape index (κ3) is 5.63. The summed E-state index contributed by atoms with van der Waals surface area (Å²) in [6, 6.07) is 7.00. The van der Waals surface area contributed by atoms with Crippen LogP contribution in [0.15, 0.2) is 24.3 Å². The van der Waals surface area contributed by atoms with Gasteiger partial charge in [-0.15, -0.1) is 0 Å². The molecule has 0 radical (unpaired) electrons. The number of hydrogen-bond acceptors (Lipinski definition) is 4. The summed E-state index contributed by atoms with van der Waals surface area (Å²) in [5, 5.41) is 5.66. The van der Waals surface area contributed by atoms with E-state index in [0.717, 1.165) is 25.7 Å². The zero-order chi connectivity index (χ0) is 15.6. The lowest BCUT2D eigenvalue weighted by molar-refractivity contribution is -0.124. The summed E-state index contributed by atoms with van der Waals surface area (Å²) in [6.45, 7) is 1.17. The zero-order valence-electron chi connectivity index (χ0n) is 12.6. The predicted molar refractivity (Wildman–Crippen MR) is 81.9 cm³/mol. The maximum atomic E-state index is 11.7. The van der Waals surface area contributed by atoms with Crippen molar-refractivity contribution in [3.05, 3.63) is 24.3 Å². The molecule has 2 amide bonds. The summed E-state index contributed by atoms with van der Waals surface area (Å²) in [5.74, 6) is 0.606. The van der Waals surface area contributed by atoms with Gasteiger partial charge in [0.2, 0.25) is 0 Å². The minimum Gasteiger partial charge on any atom is -0.480 e. The molecule has 2 rings (SSSR count). The van der Waals surface area contributed by atoms with Crippen LogP contribution in [-0.2, 0) is 9.59 Å². The first-order valence-electron chi connectivity index (χ1n) is 7.64. The molecule has 0 aliphatic carbocycles. The van der Waals surface area contributed by atoms with Crippen molar-refractivity contribution >= 4 is 11.8 Å². The summed E-state index contributed by atoms with van der Waals surface area (Å²) in [5.41, 5.74) is 0. The minimum atomic E-state index is -0.153. The average Bonchev–Trinajstić information content (AvgIpc) is 2.53. The van der Waals surface area contributed by atoms with Crippen molar-refractivity contribution in [2.75, 3.05) is 26.3 Å². The van der Waals surface area contributed by atoms with Gasteiger partial charge in [0.1, 0.15) is 0 Å². The van der Waals surface area contributed by atoms with Crippen LogP contribution in [0.5, 0.6) is 11.5 Å². The molecule has 6 heteroatoms. The Balaban J connectivity index is 1.98. The molecule has 0 saturated carbocycles. The van der Waals surface area contributed by atoms with Crippen molar-refractivity contribution in [2.24, 2.45) is 0 Å². The number of fused-ring (bicyclic) bond motifs is 1. The van der Waals surface area contributed by atoms with Gasteiger partial charge < -0.3 is 20.1 Å². The highest BCUT2D eigenvalue weighted by Gasteiger charge is 2.10. The molecule has 0 saturated heterocycles. The van der Waals surface area contributed by atoms with Gasteiger partial charge >= 0.3 is 0 Å². The molecule has 0 bridgehead atoms. The van der Waals surface area contributed by atoms with Crippen LogP contribution in [0.4, 0.5) is 0 Å². The molecule has 120 valence electrons. The summed E-state index contributed by atoms with van der Waals surface area (Å²) in [6.07, 6.45) is 3.91. The second-order valence-corrected chi connectivity index (χ2v) is 5.14. The van der Waals surface area contributed by atoms with Crippen molar-refractivity contribution in [2.45, 2.75) is 25.7 Å². The molecule has 22 heavy (non-hydrogen) atoms. The Bertz CT molecular complexity index is 460. The molecule has 0 spiro atoms. The summed E-state index contributed by atoms with van der Waals surface area (Å²) < 4.78 is 10.9. The van der Waals surface area contributed by atoms with Crippen LogP contribution >= 0.6 is 0 Å². The second-order valence-electron chi connectivity index (χ2n) is 5.14. The lowest BCUT2D eigenvalue weighted by Crippen LogP contribution is -2.31. The topological polar surface area (TPSA) is 76.7 Å². The SMILES string of the molecule is O=C1COc2ccccc2OCC(=O)NCCCCCCN1. The maximum absolute atomic E-state index is 11.7. The smallest absolute Gasteiger partial charge is 0.257 e. The highest BCUT2D eigenvalue weighted by molar-refractivity contribution is 5.78. The van der Waals surface area contributed by atoms with E-state index in [9.17, 15) is 9.59 Å². The largest absolute Gasteiger partial charge is 0.480 e. The number of carbonyl (C=O) groups excluding carboxylic acids is 2. The van der Waals surface area contributed by atoms with Gasteiger partial charge in [-0.2, -0.15) is 0 Å². The highest BCUT2D eigenvalue weighted by Crippen LogP contribution is 2.26. The zero-order valence-corrected chi connectivity index (χ0v) is 12.6. The number of nitrogens with one attached hydrogen (secondary N) is 2. The Morgan fingerprint density at radius 2 is 1.18 bits per heavy atom. The number of benzene rings is 1. The predicted octanol–water partition coefficient (Wildman–Crippen LogP) is 1.25. The van der Waals surface area contributed by atoms with Gasteiger partial charge in [0.25, 0.3) is 11.8 Å². The van der Waals surface area contributed by atoms with Gasteiger partial charge in [0, 0.05) is 13.1 Å². The summed E-state index contributed by atoms with van der Waals surface area (Å²) >= 11 is 0. The Morgan fingerprint density at radius 3 is 1.64 bits per heavy atom. The Hall–Kier alpha value is -2.24. The van der Waals surface area contributed by atoms with E-state index in [1.165, 1.54) is 0 Å². The number of carbonyl (C=O) groups is 2. The van der Waals surface area contributed by atoms with E-state index in [2.05, 4.69) is 10.6 Å². The van der Waals surface area contributed by atoms with Crippen LogP contribution in [0.3, 0.4) is 0 Å². The quantitative estimate of drug-likeness (QED) is 0.756. The number of ether oxygens (including phenoxy) is 2. The first-order valence-corrected chi connectivity index (χ1v) is 7.64. The van der Waals surface area contributed by atoms with Crippen LogP contribution in [0.25, 0.3) is 0 Å². The molecule has 0 atom stereocenters. The number of hydrogen-bond donors (Lipinski definition) is 2. The Morgan fingerprint density at radius 1 is 0.727 bits per heavy atom. The molecule has 1 aliphatic rings. The Labute approximate surface area is 130 Å². The van der Waals surface area contributed by atoms with Crippen LogP contribution in [0, 0.1) is 0 Å². The van der Waals surface area contributed by atoms with Crippen LogP contribution < -0.4 is 20.1 Å². The standard InChI is InChI=1S/C16H22N2O4/c19-15-11-21-13-7-3-4-8-14(13)22-12-16(20)18-10-6-2-1-5-9-17-15/h3-4,7-8H,1-2,5-6,9-12H2,(H,17,19)(H,18,20). The van der Waals surface area contributed by atoms with E-state index in [1.54, 1.807) is 24.3 Å². The monoisotopic (exact) mass is 306 g/mol. The van der Waals surface area contributed by atoms with Crippen LogP contribution in [0.1, 0.15) is 25.7 Å². The van der Waals surface area contributed by atoms with Crippen LogP contribution in [0.2, 0.25) is 0 Å². The fraction of sp³-hybridized carbons (Fsp3) is 0.500. The van der Waals surface area contributed by atoms with Gasteiger partial charge in [0.15, 0.2) is 24.7 Å². The number of para-hydroxylation sites is 2. The van der Waals surface area contributed by atoms with E-state index in [-0.39, 0.29) is 25.0 Å². The van der Waals surface area contributed by atoms with Crippen molar-refractivity contribution in [1.82, 2.24) is 10.6 Å². The number of rotatable bonds is 0. The first kappa shape index (κ1) is 16.1. The third-order valence-corrected chi connectivity index (χ3v) is 3.31. The fourth-order valence-electron chi connectivity index (χ4n) is 2.14. The van der Waals surface area contributed by atoms with Gasteiger partial charge in [-0.3, -0.25) is 9.59 Å². The van der Waals surface area contributed by atoms with Gasteiger partial charge in [-0.05, 0) is 25.0 Å². The molecule has 0 aromatic heterocycles. The summed E-state index contributed by atoms with van der Waals surface area (Å²) in [7, 11) is 0. The fourth-order valence-corrected chi connectivity index (χ4v) is 2.14.